The topological polar surface area (TPSA) is 23.0 Å². The minimum atomic E-state index is 0.303. The Kier molecular flexibility index (Phi) is 3.17. The fourth-order valence-electron chi connectivity index (χ4n) is 2.44. The van der Waals surface area contributed by atoms with E-state index in [-0.39, 0.29) is 0 Å². The van der Waals surface area contributed by atoms with Gasteiger partial charge in [-0.3, -0.25) is 0 Å². The summed E-state index contributed by atoms with van der Waals surface area (Å²) >= 11 is 0. The van der Waals surface area contributed by atoms with Crippen LogP contribution < -0.4 is 4.90 Å². The van der Waals surface area contributed by atoms with Crippen molar-refractivity contribution in [1.29, 1.82) is 0 Å². The smallest absolute Gasteiger partial charge is 0.228 e. The van der Waals surface area contributed by atoms with Gasteiger partial charge < -0.3 is 0 Å². The first kappa shape index (κ1) is 10.4. The van der Waals surface area contributed by atoms with Crippen LogP contribution in [-0.4, -0.2) is 13.0 Å². The SMILES string of the molecule is CC[N+](C=O)C1CCCc2ccccc21. The van der Waals surface area contributed by atoms with Crippen molar-refractivity contribution in [2.24, 2.45) is 0 Å². The number of amides is 1. The molecule has 1 aromatic carbocycles. The lowest BCUT2D eigenvalue weighted by molar-refractivity contribution is -0.114. The van der Waals surface area contributed by atoms with Crippen LogP contribution in [0.4, 0.5) is 0 Å². The number of benzene rings is 1. The van der Waals surface area contributed by atoms with Crippen molar-refractivity contribution >= 4 is 6.41 Å². The normalized spacial score (nSPS) is 20.0. The summed E-state index contributed by atoms with van der Waals surface area (Å²) in [5.74, 6) is 0. The van der Waals surface area contributed by atoms with Gasteiger partial charge in [0, 0.05) is 12.0 Å². The Hall–Kier alpha value is -1.15. The second kappa shape index (κ2) is 4.58. The monoisotopic (exact) mass is 203 g/mol. The largest absolute Gasteiger partial charge is 0.349 e. The Balaban J connectivity index is 2.32. The van der Waals surface area contributed by atoms with Crippen molar-refractivity contribution in [3.8, 4) is 0 Å². The molecule has 2 rings (SSSR count). The van der Waals surface area contributed by atoms with Gasteiger partial charge in [-0.2, -0.15) is 0 Å². The van der Waals surface area contributed by atoms with Crippen LogP contribution in [0.1, 0.15) is 36.9 Å². The van der Waals surface area contributed by atoms with E-state index in [4.69, 9.17) is 0 Å². The fourth-order valence-corrected chi connectivity index (χ4v) is 2.44. The van der Waals surface area contributed by atoms with Gasteiger partial charge in [0.1, 0.15) is 6.54 Å². The fraction of sp³-hybridized carbons (Fsp3) is 0.462. The number of carbonyl (C=O) groups excluding carboxylic acids is 1. The quantitative estimate of drug-likeness (QED) is 0.546. The van der Waals surface area contributed by atoms with Crippen LogP contribution in [0, 0.1) is 0 Å². The molecule has 1 unspecified atom stereocenters. The Morgan fingerprint density at radius 2 is 2.27 bits per heavy atom. The highest BCUT2D eigenvalue weighted by atomic mass is 16.1. The van der Waals surface area contributed by atoms with Crippen molar-refractivity contribution in [3.05, 3.63) is 35.4 Å². The van der Waals surface area contributed by atoms with Gasteiger partial charge in [0.15, 0.2) is 6.04 Å². The maximum atomic E-state index is 11.0. The van der Waals surface area contributed by atoms with E-state index in [1.54, 1.807) is 0 Å². The molecule has 1 radical (unpaired) electrons. The molecule has 2 nitrogen and oxygen atoms in total. The van der Waals surface area contributed by atoms with Gasteiger partial charge >= 0.3 is 6.41 Å². The molecule has 2 heteroatoms. The van der Waals surface area contributed by atoms with E-state index < -0.39 is 0 Å². The number of aryl methyl sites for hydroxylation is 1. The van der Waals surface area contributed by atoms with Crippen molar-refractivity contribution in [2.75, 3.05) is 6.54 Å². The maximum absolute atomic E-state index is 11.0. The van der Waals surface area contributed by atoms with E-state index in [0.717, 1.165) is 25.8 Å². The predicted octanol–water partition coefficient (Wildman–Crippen LogP) is 2.38. The highest BCUT2D eigenvalue weighted by Gasteiger charge is 2.31. The van der Waals surface area contributed by atoms with E-state index in [0.29, 0.717) is 6.04 Å². The van der Waals surface area contributed by atoms with E-state index in [1.165, 1.54) is 17.5 Å². The van der Waals surface area contributed by atoms with Crippen molar-refractivity contribution < 1.29 is 4.79 Å². The Bertz CT molecular complexity index is 348. The zero-order chi connectivity index (χ0) is 10.7. The lowest BCUT2D eigenvalue weighted by atomic mass is 9.87. The molecule has 0 spiro atoms. The molecule has 0 aliphatic heterocycles. The molecule has 0 bridgehead atoms. The molecular weight excluding hydrogens is 186 g/mol. The Morgan fingerprint density at radius 1 is 1.47 bits per heavy atom. The number of rotatable bonds is 3. The van der Waals surface area contributed by atoms with Crippen LogP contribution in [-0.2, 0) is 11.2 Å². The van der Waals surface area contributed by atoms with E-state index in [2.05, 4.69) is 24.3 Å². The zero-order valence-corrected chi connectivity index (χ0v) is 9.15. The third-order valence-electron chi connectivity index (χ3n) is 3.24. The minimum Gasteiger partial charge on any atom is -0.228 e. The van der Waals surface area contributed by atoms with Gasteiger partial charge in [-0.1, -0.05) is 29.2 Å². The van der Waals surface area contributed by atoms with E-state index in [1.807, 2.05) is 11.8 Å². The van der Waals surface area contributed by atoms with Gasteiger partial charge in [-0.25, -0.2) is 4.79 Å². The van der Waals surface area contributed by atoms with Crippen LogP contribution in [0.25, 0.3) is 0 Å². The molecule has 0 N–H and O–H groups in total. The molecule has 79 valence electrons. The molecule has 0 saturated carbocycles. The third-order valence-corrected chi connectivity index (χ3v) is 3.24. The summed E-state index contributed by atoms with van der Waals surface area (Å²) in [6.07, 6.45) is 4.42. The molecule has 15 heavy (non-hydrogen) atoms. The van der Waals surface area contributed by atoms with Crippen LogP contribution in [0.3, 0.4) is 0 Å². The molecule has 1 atom stereocenters. The Labute approximate surface area is 90.9 Å². The van der Waals surface area contributed by atoms with Crippen molar-refractivity contribution in [2.45, 2.75) is 32.2 Å². The summed E-state index contributed by atoms with van der Waals surface area (Å²) in [7, 11) is 0. The number of hydrogen-bond acceptors (Lipinski definition) is 1. The van der Waals surface area contributed by atoms with Crippen LogP contribution in [0.2, 0.25) is 0 Å². The molecule has 1 aliphatic carbocycles. The number of carbonyl (C=O) groups is 1. The molecular formula is C13H17NO+. The summed E-state index contributed by atoms with van der Waals surface area (Å²) in [5, 5.41) is 0. The lowest BCUT2D eigenvalue weighted by Gasteiger charge is -2.23. The zero-order valence-electron chi connectivity index (χ0n) is 9.15. The molecule has 0 saturated heterocycles. The average Bonchev–Trinajstić information content (AvgIpc) is 2.31. The first-order chi connectivity index (χ1) is 7.36. The number of nitrogens with zero attached hydrogens (tertiary/aromatic N) is 1. The Morgan fingerprint density at radius 3 is 3.00 bits per heavy atom. The number of hydrogen-bond donors (Lipinski definition) is 0. The van der Waals surface area contributed by atoms with Gasteiger partial charge in [0.2, 0.25) is 0 Å². The first-order valence-corrected chi connectivity index (χ1v) is 5.65. The molecule has 1 aromatic rings. The lowest BCUT2D eigenvalue weighted by Crippen LogP contribution is -2.35. The highest BCUT2D eigenvalue weighted by Crippen LogP contribution is 2.31. The average molecular weight is 203 g/mol. The first-order valence-electron chi connectivity index (χ1n) is 5.65. The summed E-state index contributed by atoms with van der Waals surface area (Å²) in [5.41, 5.74) is 2.76. The molecule has 0 fully saturated rings. The molecule has 0 heterocycles. The second-order valence-electron chi connectivity index (χ2n) is 4.04. The van der Waals surface area contributed by atoms with Gasteiger partial charge in [-0.05, 0) is 25.3 Å². The van der Waals surface area contributed by atoms with Crippen LogP contribution >= 0.6 is 0 Å². The summed E-state index contributed by atoms with van der Waals surface area (Å²) in [6, 6.07) is 8.79. The van der Waals surface area contributed by atoms with Gasteiger partial charge in [0.05, 0.1) is 0 Å². The summed E-state index contributed by atoms with van der Waals surface area (Å²) in [4.78, 5) is 12.9. The molecule has 0 aromatic heterocycles. The van der Waals surface area contributed by atoms with Crippen molar-refractivity contribution in [3.63, 3.8) is 0 Å². The van der Waals surface area contributed by atoms with E-state index in [9.17, 15) is 4.79 Å². The minimum absolute atomic E-state index is 0.303. The summed E-state index contributed by atoms with van der Waals surface area (Å²) in [6.45, 7) is 2.83. The van der Waals surface area contributed by atoms with Gasteiger partial charge in [0.25, 0.3) is 0 Å². The van der Waals surface area contributed by atoms with Crippen LogP contribution in [0.5, 0.6) is 0 Å². The van der Waals surface area contributed by atoms with E-state index >= 15 is 0 Å². The number of fused-ring (bicyclic) bond motifs is 1. The highest BCUT2D eigenvalue weighted by molar-refractivity contribution is 5.53. The van der Waals surface area contributed by atoms with Crippen molar-refractivity contribution in [1.82, 2.24) is 4.90 Å². The second-order valence-corrected chi connectivity index (χ2v) is 4.04. The maximum Gasteiger partial charge on any atom is 0.349 e. The molecule has 1 amide bonds. The van der Waals surface area contributed by atoms with Crippen LogP contribution in [0.15, 0.2) is 24.3 Å². The standard InChI is InChI=1S/C13H17NO/c1-2-14(10-15)13-9-5-7-11-6-3-4-8-12(11)13/h3-4,6,8,10,13H,2,5,7,9H2,1H3/q+1. The molecule has 1 aliphatic rings. The predicted molar refractivity (Wildman–Crippen MR) is 60.9 cm³/mol. The third kappa shape index (κ3) is 1.95. The summed E-state index contributed by atoms with van der Waals surface area (Å²) < 4.78 is 0. The van der Waals surface area contributed by atoms with Gasteiger partial charge in [-0.15, -0.1) is 0 Å².